The molecule has 0 saturated carbocycles. The number of hydrogen-bond acceptors (Lipinski definition) is 5. The largest absolute Gasteiger partial charge is 0.469 e. The van der Waals surface area contributed by atoms with Crippen molar-refractivity contribution in [2.24, 2.45) is 11.7 Å². The van der Waals surface area contributed by atoms with Gasteiger partial charge in [0.05, 0.1) is 7.11 Å². The van der Waals surface area contributed by atoms with Crippen molar-refractivity contribution in [1.29, 1.82) is 0 Å². The molecule has 5 nitrogen and oxygen atoms in total. The number of carbonyl (C=O) groups is 2. The van der Waals surface area contributed by atoms with Crippen molar-refractivity contribution in [3.05, 3.63) is 0 Å². The Morgan fingerprint density at radius 2 is 2.25 bits per heavy atom. The van der Waals surface area contributed by atoms with Crippen molar-refractivity contribution in [1.82, 2.24) is 0 Å². The van der Waals surface area contributed by atoms with E-state index in [2.05, 4.69) is 4.74 Å². The van der Waals surface area contributed by atoms with Gasteiger partial charge in [-0.1, -0.05) is 0 Å². The third-order valence-electron chi connectivity index (χ3n) is 1.94. The normalized spacial score (nSPS) is 34.6. The number of ether oxygens (including phenoxy) is 2. The maximum Gasteiger partial charge on any atom is 0.324 e. The summed E-state index contributed by atoms with van der Waals surface area (Å²) in [5.74, 6) is -1.71. The molecule has 0 radical (unpaired) electrons. The lowest BCUT2D eigenvalue weighted by Crippen LogP contribution is -2.39. The maximum absolute atomic E-state index is 11.0. The van der Waals surface area contributed by atoms with E-state index in [1.54, 1.807) is 6.92 Å². The van der Waals surface area contributed by atoms with Crippen molar-refractivity contribution >= 4 is 11.9 Å². The quantitative estimate of drug-likeness (QED) is 0.517. The first-order valence-electron chi connectivity index (χ1n) is 3.62. The number of cyclic esters (lactones) is 1. The molecule has 1 rings (SSSR count). The van der Waals surface area contributed by atoms with Crippen molar-refractivity contribution < 1.29 is 19.1 Å². The predicted octanol–water partition coefficient (Wildman–Crippen LogP) is -0.952. The number of methoxy groups -OCH3 is 1. The highest BCUT2D eigenvalue weighted by atomic mass is 16.6. The highest BCUT2D eigenvalue weighted by Crippen LogP contribution is 2.21. The van der Waals surface area contributed by atoms with Gasteiger partial charge in [-0.2, -0.15) is 0 Å². The molecule has 0 amide bonds. The van der Waals surface area contributed by atoms with Crippen LogP contribution in [-0.4, -0.2) is 31.2 Å². The van der Waals surface area contributed by atoms with E-state index in [0.717, 1.165) is 0 Å². The lowest BCUT2D eigenvalue weighted by molar-refractivity contribution is -0.147. The van der Waals surface area contributed by atoms with Crippen molar-refractivity contribution in [2.75, 3.05) is 7.11 Å². The van der Waals surface area contributed by atoms with Gasteiger partial charge in [0, 0.05) is 0 Å². The minimum atomic E-state index is -0.882. The molecule has 1 saturated heterocycles. The number of carbonyl (C=O) groups excluding carboxylic acids is 2. The molecular formula is C7H11NO4. The maximum atomic E-state index is 11.0. The Labute approximate surface area is 69.8 Å². The Kier molecular flexibility index (Phi) is 2.32. The Hall–Kier alpha value is -1.10. The Morgan fingerprint density at radius 3 is 2.58 bits per heavy atom. The summed E-state index contributed by atoms with van der Waals surface area (Å²) in [6.07, 6.45) is -0.486. The van der Waals surface area contributed by atoms with E-state index in [4.69, 9.17) is 10.5 Å². The molecule has 1 aliphatic heterocycles. The van der Waals surface area contributed by atoms with Gasteiger partial charge >= 0.3 is 11.9 Å². The van der Waals surface area contributed by atoms with Gasteiger partial charge in [0.2, 0.25) is 0 Å². The predicted molar refractivity (Wildman–Crippen MR) is 39.0 cm³/mol. The van der Waals surface area contributed by atoms with Gasteiger partial charge in [-0.25, -0.2) is 0 Å². The first-order chi connectivity index (χ1) is 5.57. The molecule has 0 unspecified atom stereocenters. The van der Waals surface area contributed by atoms with Crippen LogP contribution in [0.1, 0.15) is 6.92 Å². The summed E-state index contributed by atoms with van der Waals surface area (Å²) < 4.78 is 9.22. The number of nitrogens with two attached hydrogens (primary N) is 1. The van der Waals surface area contributed by atoms with Gasteiger partial charge in [0.25, 0.3) is 0 Å². The fraction of sp³-hybridized carbons (Fsp3) is 0.714. The lowest BCUT2D eigenvalue weighted by atomic mass is 9.99. The van der Waals surface area contributed by atoms with Crippen LogP contribution in [0, 0.1) is 5.92 Å². The molecule has 0 aliphatic carbocycles. The Morgan fingerprint density at radius 1 is 1.67 bits per heavy atom. The second kappa shape index (κ2) is 3.10. The topological polar surface area (TPSA) is 78.6 Å². The van der Waals surface area contributed by atoms with Gasteiger partial charge in [-0.05, 0) is 6.92 Å². The summed E-state index contributed by atoms with van der Waals surface area (Å²) >= 11 is 0. The molecule has 1 aliphatic rings. The average molecular weight is 173 g/mol. The molecule has 0 aromatic carbocycles. The van der Waals surface area contributed by atoms with Gasteiger partial charge < -0.3 is 15.2 Å². The average Bonchev–Trinajstić information content (AvgIpc) is 2.26. The number of esters is 2. The van der Waals surface area contributed by atoms with E-state index in [9.17, 15) is 9.59 Å². The second-order valence-corrected chi connectivity index (χ2v) is 2.72. The van der Waals surface area contributed by atoms with Gasteiger partial charge in [-0.15, -0.1) is 0 Å². The van der Waals surface area contributed by atoms with Crippen molar-refractivity contribution in [3.8, 4) is 0 Å². The summed E-state index contributed by atoms with van der Waals surface area (Å²) in [5, 5.41) is 0. The molecule has 0 aromatic rings. The SMILES string of the molecule is COC(=O)[C@H]1[C@H](C)OC(=O)[C@@H]1N. The second-order valence-electron chi connectivity index (χ2n) is 2.72. The first-order valence-corrected chi connectivity index (χ1v) is 3.62. The van der Waals surface area contributed by atoms with Gasteiger partial charge in [0.15, 0.2) is 0 Å². The standard InChI is InChI=1S/C7H11NO4/c1-3-4(6(9)11-2)5(8)7(10)12-3/h3-5H,8H2,1-2H3/t3-,4-,5+/m0/s1. The zero-order valence-corrected chi connectivity index (χ0v) is 6.94. The fourth-order valence-electron chi connectivity index (χ4n) is 1.25. The van der Waals surface area contributed by atoms with Crippen LogP contribution in [-0.2, 0) is 19.1 Å². The van der Waals surface area contributed by atoms with E-state index < -0.39 is 30.0 Å². The van der Waals surface area contributed by atoms with Gasteiger partial charge in [-0.3, -0.25) is 9.59 Å². The molecule has 68 valence electrons. The molecule has 0 bridgehead atoms. The lowest BCUT2D eigenvalue weighted by Gasteiger charge is -2.11. The molecule has 12 heavy (non-hydrogen) atoms. The van der Waals surface area contributed by atoms with Crippen LogP contribution < -0.4 is 5.73 Å². The molecule has 3 atom stereocenters. The zero-order valence-electron chi connectivity index (χ0n) is 6.94. The zero-order chi connectivity index (χ0) is 9.30. The van der Waals surface area contributed by atoms with Crippen molar-refractivity contribution in [3.63, 3.8) is 0 Å². The smallest absolute Gasteiger partial charge is 0.324 e. The number of rotatable bonds is 1. The van der Waals surface area contributed by atoms with E-state index in [-0.39, 0.29) is 0 Å². The van der Waals surface area contributed by atoms with Crippen LogP contribution in [0.15, 0.2) is 0 Å². The first kappa shape index (κ1) is 8.99. The summed E-state index contributed by atoms with van der Waals surface area (Å²) in [5.41, 5.74) is 5.41. The summed E-state index contributed by atoms with van der Waals surface area (Å²) in [6, 6.07) is -0.882. The van der Waals surface area contributed by atoms with Crippen LogP contribution >= 0.6 is 0 Å². The third-order valence-corrected chi connectivity index (χ3v) is 1.94. The van der Waals surface area contributed by atoms with Crippen LogP contribution in [0.5, 0.6) is 0 Å². The summed E-state index contributed by atoms with van der Waals surface area (Å²) in [7, 11) is 1.25. The molecule has 0 aromatic heterocycles. The molecular weight excluding hydrogens is 162 g/mol. The van der Waals surface area contributed by atoms with E-state index in [1.165, 1.54) is 7.11 Å². The molecule has 5 heteroatoms. The highest BCUT2D eigenvalue weighted by molar-refractivity contribution is 5.87. The molecule has 1 fully saturated rings. The molecule has 0 spiro atoms. The highest BCUT2D eigenvalue weighted by Gasteiger charge is 2.45. The van der Waals surface area contributed by atoms with Crippen LogP contribution in [0.25, 0.3) is 0 Å². The van der Waals surface area contributed by atoms with E-state index in [0.29, 0.717) is 0 Å². The van der Waals surface area contributed by atoms with Crippen LogP contribution in [0.2, 0.25) is 0 Å². The fourth-order valence-corrected chi connectivity index (χ4v) is 1.25. The van der Waals surface area contributed by atoms with Crippen LogP contribution in [0.3, 0.4) is 0 Å². The molecule has 2 N–H and O–H groups in total. The number of hydrogen-bond donors (Lipinski definition) is 1. The van der Waals surface area contributed by atoms with E-state index >= 15 is 0 Å². The summed E-state index contributed by atoms with van der Waals surface area (Å²) in [4.78, 5) is 21.9. The summed E-state index contributed by atoms with van der Waals surface area (Å²) in [6.45, 7) is 1.62. The van der Waals surface area contributed by atoms with Crippen LogP contribution in [0.4, 0.5) is 0 Å². The molecule has 1 heterocycles. The van der Waals surface area contributed by atoms with E-state index in [1.807, 2.05) is 0 Å². The Balaban J connectivity index is 2.76. The minimum absolute atomic E-state index is 0.486. The van der Waals surface area contributed by atoms with Gasteiger partial charge in [0.1, 0.15) is 18.1 Å². The Bertz CT molecular complexity index is 215. The monoisotopic (exact) mass is 173 g/mol. The third kappa shape index (κ3) is 1.27. The van der Waals surface area contributed by atoms with Crippen molar-refractivity contribution in [2.45, 2.75) is 19.1 Å². The minimum Gasteiger partial charge on any atom is -0.469 e.